The largest absolute Gasteiger partial charge is 0.382 e. The van der Waals surface area contributed by atoms with Crippen molar-refractivity contribution in [2.75, 3.05) is 5.73 Å². The Morgan fingerprint density at radius 2 is 2.00 bits per heavy atom. The van der Waals surface area contributed by atoms with Crippen molar-refractivity contribution in [1.29, 1.82) is 0 Å². The summed E-state index contributed by atoms with van der Waals surface area (Å²) in [4.78, 5) is 11.7. The second kappa shape index (κ2) is 5.46. The number of nitrogens with zero attached hydrogens (tertiary/aromatic N) is 2. The molecule has 0 spiro atoms. The Bertz CT molecular complexity index is 556. The molecule has 6 heteroatoms. The zero-order valence-corrected chi connectivity index (χ0v) is 10.2. The maximum absolute atomic E-state index is 11.7. The normalized spacial score (nSPS) is 10.1. The molecule has 0 saturated carbocycles. The lowest BCUT2D eigenvalue weighted by molar-refractivity contribution is 0.0945. The summed E-state index contributed by atoms with van der Waals surface area (Å²) in [6.07, 6.45) is 0. The van der Waals surface area contributed by atoms with Crippen molar-refractivity contribution in [1.82, 2.24) is 15.5 Å². The number of hydrogen-bond acceptors (Lipinski definition) is 4. The van der Waals surface area contributed by atoms with E-state index in [9.17, 15) is 4.79 Å². The summed E-state index contributed by atoms with van der Waals surface area (Å²) in [5, 5.41) is 10.6. The molecule has 92 valence electrons. The molecule has 2 rings (SSSR count). The second-order valence-corrected chi connectivity index (χ2v) is 4.02. The highest BCUT2D eigenvalue weighted by atomic mass is 35.5. The van der Waals surface area contributed by atoms with Crippen LogP contribution >= 0.6 is 11.6 Å². The maximum atomic E-state index is 11.7. The van der Waals surface area contributed by atoms with Crippen LogP contribution in [0.3, 0.4) is 0 Å². The van der Waals surface area contributed by atoms with Gasteiger partial charge >= 0.3 is 0 Å². The molecule has 1 heterocycles. The van der Waals surface area contributed by atoms with Gasteiger partial charge in [0.15, 0.2) is 5.69 Å². The predicted molar refractivity (Wildman–Crippen MR) is 69.1 cm³/mol. The van der Waals surface area contributed by atoms with Crippen molar-refractivity contribution >= 4 is 23.3 Å². The molecule has 0 aliphatic heterocycles. The summed E-state index contributed by atoms with van der Waals surface area (Å²) in [7, 11) is 0. The standard InChI is InChI=1S/C12H11ClN4O/c13-9-4-2-1-3-8(9)7-15-12(18)10-5-6-11(14)17-16-10/h1-6H,7H2,(H2,14,17)(H,15,18). The van der Waals surface area contributed by atoms with E-state index in [2.05, 4.69) is 15.5 Å². The van der Waals surface area contributed by atoms with Crippen LogP contribution in [0.4, 0.5) is 5.82 Å². The minimum absolute atomic E-state index is 0.219. The lowest BCUT2D eigenvalue weighted by atomic mass is 10.2. The first-order valence-electron chi connectivity index (χ1n) is 5.27. The van der Waals surface area contributed by atoms with Crippen LogP contribution in [-0.4, -0.2) is 16.1 Å². The minimum atomic E-state index is -0.317. The zero-order valence-electron chi connectivity index (χ0n) is 9.43. The van der Waals surface area contributed by atoms with Gasteiger partial charge in [-0.25, -0.2) is 0 Å². The fourth-order valence-electron chi connectivity index (χ4n) is 1.37. The first-order chi connectivity index (χ1) is 8.66. The van der Waals surface area contributed by atoms with Crippen molar-refractivity contribution in [3.8, 4) is 0 Å². The number of halogens is 1. The Morgan fingerprint density at radius 3 is 2.67 bits per heavy atom. The molecule has 0 aliphatic rings. The van der Waals surface area contributed by atoms with Gasteiger partial charge in [-0.15, -0.1) is 10.2 Å². The number of nitrogen functional groups attached to an aromatic ring is 1. The van der Waals surface area contributed by atoms with Crippen molar-refractivity contribution in [3.63, 3.8) is 0 Å². The molecule has 2 aromatic rings. The average molecular weight is 263 g/mol. The number of anilines is 1. The van der Waals surface area contributed by atoms with Crippen LogP contribution in [0.5, 0.6) is 0 Å². The van der Waals surface area contributed by atoms with Crippen molar-refractivity contribution in [2.45, 2.75) is 6.54 Å². The lowest BCUT2D eigenvalue weighted by Crippen LogP contribution is -2.24. The molecular weight excluding hydrogens is 252 g/mol. The van der Waals surface area contributed by atoms with Crippen LogP contribution in [0, 0.1) is 0 Å². The molecule has 5 nitrogen and oxygen atoms in total. The van der Waals surface area contributed by atoms with Gasteiger partial charge in [-0.05, 0) is 23.8 Å². The summed E-state index contributed by atoms with van der Waals surface area (Å²) in [6.45, 7) is 0.338. The zero-order chi connectivity index (χ0) is 13.0. The van der Waals surface area contributed by atoms with Gasteiger partial charge in [-0.1, -0.05) is 29.8 Å². The molecule has 0 aliphatic carbocycles. The Balaban J connectivity index is 2.01. The summed E-state index contributed by atoms with van der Waals surface area (Å²) < 4.78 is 0. The molecular formula is C12H11ClN4O. The molecule has 1 aromatic carbocycles. The van der Waals surface area contributed by atoms with E-state index in [0.717, 1.165) is 5.56 Å². The number of amides is 1. The molecule has 0 unspecified atom stereocenters. The third-order valence-electron chi connectivity index (χ3n) is 2.32. The molecule has 0 bridgehead atoms. The van der Waals surface area contributed by atoms with Gasteiger partial charge in [-0.3, -0.25) is 4.79 Å². The topological polar surface area (TPSA) is 80.9 Å². The van der Waals surface area contributed by atoms with Crippen LogP contribution in [0.2, 0.25) is 5.02 Å². The van der Waals surface area contributed by atoms with Crippen LogP contribution in [0.25, 0.3) is 0 Å². The maximum Gasteiger partial charge on any atom is 0.272 e. The summed E-state index contributed by atoms with van der Waals surface area (Å²) in [6, 6.07) is 10.3. The first-order valence-corrected chi connectivity index (χ1v) is 5.65. The number of hydrogen-bond donors (Lipinski definition) is 2. The minimum Gasteiger partial charge on any atom is -0.382 e. The van der Waals surface area contributed by atoms with E-state index in [1.165, 1.54) is 12.1 Å². The van der Waals surface area contributed by atoms with Crippen LogP contribution in [0.1, 0.15) is 16.1 Å². The van der Waals surface area contributed by atoms with Gasteiger partial charge in [0.2, 0.25) is 0 Å². The SMILES string of the molecule is Nc1ccc(C(=O)NCc2ccccc2Cl)nn1. The highest BCUT2D eigenvalue weighted by Crippen LogP contribution is 2.14. The van der Waals surface area contributed by atoms with Crippen molar-refractivity contribution < 1.29 is 4.79 Å². The van der Waals surface area contributed by atoms with Crippen LogP contribution in [0.15, 0.2) is 36.4 Å². The Hall–Kier alpha value is -2.14. The second-order valence-electron chi connectivity index (χ2n) is 3.62. The number of carbonyl (C=O) groups excluding carboxylic acids is 1. The van der Waals surface area contributed by atoms with E-state index >= 15 is 0 Å². The fourth-order valence-corrected chi connectivity index (χ4v) is 1.57. The van der Waals surface area contributed by atoms with Crippen LogP contribution in [-0.2, 0) is 6.54 Å². The molecule has 1 aromatic heterocycles. The molecule has 0 atom stereocenters. The Kier molecular flexibility index (Phi) is 3.74. The monoisotopic (exact) mass is 262 g/mol. The van der Waals surface area contributed by atoms with Crippen LogP contribution < -0.4 is 11.1 Å². The third-order valence-corrected chi connectivity index (χ3v) is 2.68. The van der Waals surface area contributed by atoms with Gasteiger partial charge in [0.1, 0.15) is 5.82 Å². The molecule has 3 N–H and O–H groups in total. The number of aromatic nitrogens is 2. The van der Waals surface area contributed by atoms with Gasteiger partial charge in [0.05, 0.1) is 0 Å². The van der Waals surface area contributed by atoms with Crippen molar-refractivity contribution in [3.05, 3.63) is 52.7 Å². The summed E-state index contributed by atoms with van der Waals surface area (Å²) in [5.41, 5.74) is 6.45. The first kappa shape index (κ1) is 12.3. The quantitative estimate of drug-likeness (QED) is 0.881. The van der Waals surface area contributed by atoms with E-state index in [4.69, 9.17) is 17.3 Å². The van der Waals surface area contributed by atoms with Gasteiger partial charge in [0.25, 0.3) is 5.91 Å². The number of rotatable bonds is 3. The average Bonchev–Trinajstić information content (AvgIpc) is 2.38. The van der Waals surface area contributed by atoms with E-state index in [1.807, 2.05) is 18.2 Å². The number of nitrogens with two attached hydrogens (primary N) is 1. The molecule has 18 heavy (non-hydrogen) atoms. The van der Waals surface area contributed by atoms with Gasteiger partial charge < -0.3 is 11.1 Å². The fraction of sp³-hybridized carbons (Fsp3) is 0.0833. The van der Waals surface area contributed by atoms with E-state index in [0.29, 0.717) is 11.6 Å². The van der Waals surface area contributed by atoms with Crippen molar-refractivity contribution in [2.24, 2.45) is 0 Å². The molecule has 1 amide bonds. The molecule has 0 saturated heterocycles. The summed E-state index contributed by atoms with van der Waals surface area (Å²) in [5.74, 6) is -0.0416. The lowest BCUT2D eigenvalue weighted by Gasteiger charge is -2.06. The van der Waals surface area contributed by atoms with E-state index in [-0.39, 0.29) is 17.4 Å². The number of nitrogens with one attached hydrogen (secondary N) is 1. The Morgan fingerprint density at radius 1 is 1.22 bits per heavy atom. The van der Waals surface area contributed by atoms with E-state index in [1.54, 1.807) is 6.07 Å². The van der Waals surface area contributed by atoms with E-state index < -0.39 is 0 Å². The number of carbonyl (C=O) groups is 1. The van der Waals surface area contributed by atoms with Gasteiger partial charge in [-0.2, -0.15) is 0 Å². The predicted octanol–water partition coefficient (Wildman–Crippen LogP) is 1.64. The van der Waals surface area contributed by atoms with Gasteiger partial charge in [0, 0.05) is 11.6 Å². The molecule has 0 fully saturated rings. The Labute approximate surface area is 109 Å². The number of benzene rings is 1. The molecule has 0 radical (unpaired) electrons. The highest BCUT2D eigenvalue weighted by molar-refractivity contribution is 6.31. The smallest absolute Gasteiger partial charge is 0.272 e. The summed E-state index contributed by atoms with van der Waals surface area (Å²) >= 11 is 5.98. The third kappa shape index (κ3) is 2.95. The highest BCUT2D eigenvalue weighted by Gasteiger charge is 2.08.